The van der Waals surface area contributed by atoms with Crippen LogP contribution in [0.15, 0.2) is 0 Å². The van der Waals surface area contributed by atoms with E-state index in [-0.39, 0.29) is 0 Å². The van der Waals surface area contributed by atoms with Gasteiger partial charge in [0.05, 0.1) is 33.0 Å². The first kappa shape index (κ1) is 16.4. The average Bonchev–Trinajstić information content (AvgIpc) is 2.73. The first-order valence-corrected chi connectivity index (χ1v) is 7.86. The molecule has 0 saturated carbocycles. The highest BCUT2D eigenvalue weighted by Crippen LogP contribution is 2.24. The Kier molecular flexibility index (Phi) is 9.23. The van der Waals surface area contributed by atoms with Crippen molar-refractivity contribution in [1.29, 1.82) is 0 Å². The Morgan fingerprint density at radius 1 is 1.11 bits per heavy atom. The molecule has 0 aromatic carbocycles. The molecule has 0 bridgehead atoms. The van der Waals surface area contributed by atoms with Crippen LogP contribution in [0, 0.1) is 5.92 Å². The molecule has 1 fully saturated rings. The molecule has 0 aromatic rings. The van der Waals surface area contributed by atoms with Crippen molar-refractivity contribution in [2.45, 2.75) is 19.4 Å². The molecule has 108 valence electrons. The van der Waals surface area contributed by atoms with Crippen LogP contribution in [-0.2, 0) is 14.2 Å². The van der Waals surface area contributed by atoms with Gasteiger partial charge in [0.1, 0.15) is 0 Å². The van der Waals surface area contributed by atoms with Crippen molar-refractivity contribution in [3.63, 3.8) is 0 Å². The molecule has 0 radical (unpaired) electrons. The topological polar surface area (TPSA) is 30.9 Å². The summed E-state index contributed by atoms with van der Waals surface area (Å²) in [4.78, 5) is 2.52. The molecule has 1 heterocycles. The van der Waals surface area contributed by atoms with Crippen molar-refractivity contribution in [2.75, 3.05) is 58.6 Å². The Balaban J connectivity index is 1.94. The SMILES string of the molecule is COCCOCCOCCN1CCC(C)C1CBr. The molecule has 0 N–H and O–H groups in total. The van der Waals surface area contributed by atoms with Crippen molar-refractivity contribution in [2.24, 2.45) is 5.92 Å². The number of rotatable bonds is 10. The number of hydrogen-bond donors (Lipinski definition) is 0. The minimum Gasteiger partial charge on any atom is -0.382 e. The summed E-state index contributed by atoms with van der Waals surface area (Å²) in [6.07, 6.45) is 1.30. The standard InChI is InChI=1S/C13H26BrNO3/c1-12-3-4-15(13(12)11-14)5-6-17-9-10-18-8-7-16-2/h12-13H,3-11H2,1-2H3. The number of methoxy groups -OCH3 is 1. The van der Waals surface area contributed by atoms with Gasteiger partial charge in [0.15, 0.2) is 0 Å². The van der Waals surface area contributed by atoms with Crippen LogP contribution in [-0.4, -0.2) is 69.5 Å². The summed E-state index contributed by atoms with van der Waals surface area (Å²) in [5.74, 6) is 0.793. The maximum Gasteiger partial charge on any atom is 0.0701 e. The van der Waals surface area contributed by atoms with Gasteiger partial charge in [-0.2, -0.15) is 0 Å². The van der Waals surface area contributed by atoms with E-state index in [0.717, 1.165) is 24.4 Å². The second-order valence-corrected chi connectivity index (χ2v) is 5.39. The molecule has 0 amide bonds. The quantitative estimate of drug-likeness (QED) is 0.453. The third-order valence-corrected chi connectivity index (χ3v) is 4.15. The zero-order chi connectivity index (χ0) is 13.2. The van der Waals surface area contributed by atoms with E-state index < -0.39 is 0 Å². The van der Waals surface area contributed by atoms with Gasteiger partial charge in [-0.1, -0.05) is 22.9 Å². The van der Waals surface area contributed by atoms with E-state index in [1.807, 2.05) is 0 Å². The Bertz CT molecular complexity index is 207. The summed E-state index contributed by atoms with van der Waals surface area (Å²) in [7, 11) is 1.68. The Morgan fingerprint density at radius 3 is 2.44 bits per heavy atom. The van der Waals surface area contributed by atoms with Gasteiger partial charge in [0.2, 0.25) is 0 Å². The predicted octanol–water partition coefficient (Wildman–Crippen LogP) is 1.77. The second-order valence-electron chi connectivity index (χ2n) is 4.74. The zero-order valence-corrected chi connectivity index (χ0v) is 13.2. The summed E-state index contributed by atoms with van der Waals surface area (Å²) in [6.45, 7) is 7.98. The maximum absolute atomic E-state index is 5.58. The molecule has 4 nitrogen and oxygen atoms in total. The summed E-state index contributed by atoms with van der Waals surface area (Å²) in [5.41, 5.74) is 0. The van der Waals surface area contributed by atoms with Crippen LogP contribution in [0.2, 0.25) is 0 Å². The van der Waals surface area contributed by atoms with Crippen LogP contribution in [0.5, 0.6) is 0 Å². The molecule has 2 unspecified atom stereocenters. The lowest BCUT2D eigenvalue weighted by atomic mass is 10.1. The molecule has 2 atom stereocenters. The molecule has 0 aliphatic carbocycles. The molecule has 0 spiro atoms. The molecule has 1 aliphatic rings. The molecule has 1 aliphatic heterocycles. The minimum absolute atomic E-state index is 0.648. The van der Waals surface area contributed by atoms with E-state index in [1.165, 1.54) is 13.0 Å². The predicted molar refractivity (Wildman–Crippen MR) is 76.5 cm³/mol. The van der Waals surface area contributed by atoms with Crippen LogP contribution in [0.25, 0.3) is 0 Å². The van der Waals surface area contributed by atoms with Gasteiger partial charge in [-0.3, -0.25) is 4.90 Å². The highest BCUT2D eigenvalue weighted by atomic mass is 79.9. The van der Waals surface area contributed by atoms with E-state index >= 15 is 0 Å². The number of nitrogens with zero attached hydrogens (tertiary/aromatic N) is 1. The lowest BCUT2D eigenvalue weighted by Gasteiger charge is -2.24. The zero-order valence-electron chi connectivity index (χ0n) is 11.6. The number of halogens is 1. The lowest BCUT2D eigenvalue weighted by molar-refractivity contribution is 0.0188. The fourth-order valence-corrected chi connectivity index (χ4v) is 3.31. The number of likely N-dealkylation sites (tertiary alicyclic amines) is 1. The Morgan fingerprint density at radius 2 is 1.78 bits per heavy atom. The number of ether oxygens (including phenoxy) is 3. The van der Waals surface area contributed by atoms with Crippen LogP contribution in [0.3, 0.4) is 0 Å². The Labute approximate surface area is 119 Å². The van der Waals surface area contributed by atoms with Crippen molar-refractivity contribution < 1.29 is 14.2 Å². The monoisotopic (exact) mass is 323 g/mol. The molecular formula is C13H26BrNO3. The normalized spacial score (nSPS) is 24.8. The fraction of sp³-hybridized carbons (Fsp3) is 1.00. The van der Waals surface area contributed by atoms with Crippen LogP contribution in [0.4, 0.5) is 0 Å². The van der Waals surface area contributed by atoms with Gasteiger partial charge in [-0.15, -0.1) is 0 Å². The highest BCUT2D eigenvalue weighted by Gasteiger charge is 2.29. The van der Waals surface area contributed by atoms with E-state index in [1.54, 1.807) is 7.11 Å². The van der Waals surface area contributed by atoms with E-state index in [4.69, 9.17) is 14.2 Å². The largest absolute Gasteiger partial charge is 0.382 e. The van der Waals surface area contributed by atoms with Crippen molar-refractivity contribution >= 4 is 15.9 Å². The molecule has 0 aromatic heterocycles. The maximum atomic E-state index is 5.58. The van der Waals surface area contributed by atoms with Crippen molar-refractivity contribution in [3.05, 3.63) is 0 Å². The number of alkyl halides is 1. The van der Waals surface area contributed by atoms with Crippen LogP contribution in [0.1, 0.15) is 13.3 Å². The van der Waals surface area contributed by atoms with Gasteiger partial charge >= 0.3 is 0 Å². The van der Waals surface area contributed by atoms with E-state index in [0.29, 0.717) is 32.5 Å². The highest BCUT2D eigenvalue weighted by molar-refractivity contribution is 9.09. The van der Waals surface area contributed by atoms with E-state index in [2.05, 4.69) is 27.8 Å². The molecular weight excluding hydrogens is 298 g/mol. The first-order chi connectivity index (χ1) is 8.79. The molecule has 5 heteroatoms. The van der Waals surface area contributed by atoms with Crippen LogP contribution < -0.4 is 0 Å². The third-order valence-electron chi connectivity index (χ3n) is 3.48. The van der Waals surface area contributed by atoms with Crippen LogP contribution >= 0.6 is 15.9 Å². The lowest BCUT2D eigenvalue weighted by Crippen LogP contribution is -2.36. The van der Waals surface area contributed by atoms with E-state index in [9.17, 15) is 0 Å². The fourth-order valence-electron chi connectivity index (χ4n) is 2.26. The summed E-state index contributed by atoms with van der Waals surface area (Å²) < 4.78 is 15.8. The minimum atomic E-state index is 0.648. The first-order valence-electron chi connectivity index (χ1n) is 6.74. The Hall–Kier alpha value is 0.320. The summed E-state index contributed by atoms with van der Waals surface area (Å²) >= 11 is 3.60. The second kappa shape index (κ2) is 10.1. The third kappa shape index (κ3) is 5.97. The molecule has 1 rings (SSSR count). The smallest absolute Gasteiger partial charge is 0.0701 e. The molecule has 1 saturated heterocycles. The van der Waals surface area contributed by atoms with Gasteiger partial charge in [0.25, 0.3) is 0 Å². The van der Waals surface area contributed by atoms with Crippen molar-refractivity contribution in [3.8, 4) is 0 Å². The summed E-state index contributed by atoms with van der Waals surface area (Å²) in [6, 6.07) is 0.673. The average molecular weight is 324 g/mol. The number of hydrogen-bond acceptors (Lipinski definition) is 4. The van der Waals surface area contributed by atoms with Gasteiger partial charge in [-0.25, -0.2) is 0 Å². The van der Waals surface area contributed by atoms with Gasteiger partial charge in [0, 0.05) is 25.0 Å². The van der Waals surface area contributed by atoms with Crippen molar-refractivity contribution in [1.82, 2.24) is 4.90 Å². The van der Waals surface area contributed by atoms with Gasteiger partial charge in [-0.05, 0) is 18.9 Å². The molecule has 18 heavy (non-hydrogen) atoms. The summed E-state index contributed by atoms with van der Waals surface area (Å²) in [5, 5.41) is 1.06. The van der Waals surface area contributed by atoms with Gasteiger partial charge < -0.3 is 14.2 Å².